The maximum Gasteiger partial charge on any atom is 0.335 e. The molecule has 27 heavy (non-hydrogen) atoms. The Morgan fingerprint density at radius 1 is 0.778 bits per heavy atom. The van der Waals surface area contributed by atoms with Crippen LogP contribution in [0.15, 0.2) is 60.7 Å². The molecule has 0 saturated carbocycles. The Hall–Kier alpha value is -2.70. The minimum absolute atomic E-state index is 0.153. The number of rotatable bonds is 5. The standard InChI is InChI=1S/2C7H6O2.C7H16O2/c2*8-7(9)6-4-2-1-3-5-6;1-4-6(8)7(9)5(2)3/h2*1-5H,(H,8,9);5-9H,4H2,1-3H3. The number of hydrogen-bond donors (Lipinski definition) is 4. The molecule has 0 heterocycles. The third kappa shape index (κ3) is 10.8. The van der Waals surface area contributed by atoms with Crippen molar-refractivity contribution < 1.29 is 30.0 Å². The van der Waals surface area contributed by atoms with E-state index >= 15 is 0 Å². The van der Waals surface area contributed by atoms with Crippen LogP contribution in [0.3, 0.4) is 0 Å². The van der Waals surface area contributed by atoms with Crippen LogP contribution < -0.4 is 0 Å². The molecule has 2 aromatic rings. The Bertz CT molecular complexity index is 605. The second-order valence-corrected chi connectivity index (χ2v) is 6.05. The van der Waals surface area contributed by atoms with Gasteiger partial charge in [-0.15, -0.1) is 0 Å². The summed E-state index contributed by atoms with van der Waals surface area (Å²) < 4.78 is 0. The van der Waals surface area contributed by atoms with E-state index < -0.39 is 24.1 Å². The number of aromatic carboxylic acids is 2. The SMILES string of the molecule is CCC(O)C(O)C(C)C.O=C(O)c1ccccc1.O=C(O)c1ccccc1. The van der Waals surface area contributed by atoms with Gasteiger partial charge in [-0.25, -0.2) is 9.59 Å². The molecule has 0 aliphatic carbocycles. The largest absolute Gasteiger partial charge is 0.478 e. The highest BCUT2D eigenvalue weighted by atomic mass is 16.4. The Morgan fingerprint density at radius 2 is 1.11 bits per heavy atom. The van der Waals surface area contributed by atoms with Gasteiger partial charge in [-0.3, -0.25) is 0 Å². The first kappa shape index (κ1) is 24.3. The first-order valence-corrected chi connectivity index (χ1v) is 8.63. The predicted molar refractivity (Wildman–Crippen MR) is 104 cm³/mol. The second-order valence-electron chi connectivity index (χ2n) is 6.05. The molecule has 4 N–H and O–H groups in total. The van der Waals surface area contributed by atoms with E-state index in [2.05, 4.69) is 0 Å². The zero-order valence-corrected chi connectivity index (χ0v) is 15.8. The average molecular weight is 376 g/mol. The van der Waals surface area contributed by atoms with E-state index in [1.165, 1.54) is 0 Å². The van der Waals surface area contributed by atoms with E-state index in [1.54, 1.807) is 60.7 Å². The van der Waals surface area contributed by atoms with Crippen LogP contribution >= 0.6 is 0 Å². The maximum atomic E-state index is 10.2. The summed E-state index contributed by atoms with van der Waals surface area (Å²) >= 11 is 0. The number of hydrogen-bond acceptors (Lipinski definition) is 4. The van der Waals surface area contributed by atoms with Gasteiger partial charge in [-0.05, 0) is 36.6 Å². The number of aliphatic hydroxyl groups excluding tert-OH is 2. The highest BCUT2D eigenvalue weighted by Crippen LogP contribution is 2.07. The summed E-state index contributed by atoms with van der Waals surface area (Å²) in [5.41, 5.74) is 0.662. The van der Waals surface area contributed by atoms with Crippen molar-refractivity contribution in [2.75, 3.05) is 0 Å². The summed E-state index contributed by atoms with van der Waals surface area (Å²) in [4.78, 5) is 20.4. The maximum absolute atomic E-state index is 10.2. The van der Waals surface area contributed by atoms with E-state index in [-0.39, 0.29) is 5.92 Å². The van der Waals surface area contributed by atoms with Crippen LogP contribution in [0.25, 0.3) is 0 Å². The minimum atomic E-state index is -0.879. The summed E-state index contributed by atoms with van der Waals surface area (Å²) in [6.45, 7) is 5.64. The van der Waals surface area contributed by atoms with Crippen LogP contribution in [-0.4, -0.2) is 44.6 Å². The first-order valence-electron chi connectivity index (χ1n) is 8.63. The quantitative estimate of drug-likeness (QED) is 0.634. The molecule has 2 atom stereocenters. The Labute approximate surface area is 159 Å². The van der Waals surface area contributed by atoms with Crippen LogP contribution in [0.2, 0.25) is 0 Å². The van der Waals surface area contributed by atoms with Gasteiger partial charge in [0, 0.05) is 0 Å². The van der Waals surface area contributed by atoms with Crippen LogP contribution in [0.5, 0.6) is 0 Å². The summed E-state index contributed by atoms with van der Waals surface area (Å²) in [5.74, 6) is -1.61. The molecule has 2 rings (SSSR count). The van der Waals surface area contributed by atoms with E-state index in [0.29, 0.717) is 17.5 Å². The van der Waals surface area contributed by atoms with Gasteiger partial charge in [0.05, 0.1) is 23.3 Å². The fraction of sp³-hybridized carbons (Fsp3) is 0.333. The molecule has 148 valence electrons. The van der Waals surface area contributed by atoms with Crippen LogP contribution in [0.4, 0.5) is 0 Å². The van der Waals surface area contributed by atoms with E-state index in [9.17, 15) is 9.59 Å². The average Bonchev–Trinajstić information content (AvgIpc) is 2.69. The second kappa shape index (κ2) is 13.5. The molecule has 0 fully saturated rings. The zero-order valence-electron chi connectivity index (χ0n) is 15.8. The van der Waals surface area contributed by atoms with Crippen molar-refractivity contribution in [1.29, 1.82) is 0 Å². The molecule has 0 aliphatic heterocycles. The van der Waals surface area contributed by atoms with Gasteiger partial charge in [-0.2, -0.15) is 0 Å². The monoisotopic (exact) mass is 376 g/mol. The van der Waals surface area contributed by atoms with Crippen molar-refractivity contribution in [1.82, 2.24) is 0 Å². The van der Waals surface area contributed by atoms with Gasteiger partial charge in [-0.1, -0.05) is 57.2 Å². The molecular weight excluding hydrogens is 348 g/mol. The molecular formula is C21H28O6. The van der Waals surface area contributed by atoms with Crippen molar-refractivity contribution in [3.8, 4) is 0 Å². The molecule has 6 heteroatoms. The van der Waals surface area contributed by atoms with Crippen molar-refractivity contribution in [2.24, 2.45) is 5.92 Å². The van der Waals surface area contributed by atoms with E-state index in [0.717, 1.165) is 0 Å². The summed E-state index contributed by atoms with van der Waals surface area (Å²) in [6, 6.07) is 16.6. The Balaban J connectivity index is 0.000000376. The lowest BCUT2D eigenvalue weighted by atomic mass is 10.0. The fourth-order valence-corrected chi connectivity index (χ4v) is 1.85. The normalized spacial score (nSPS) is 11.9. The highest BCUT2D eigenvalue weighted by molar-refractivity contribution is 5.87. The highest BCUT2D eigenvalue weighted by Gasteiger charge is 2.16. The summed E-state index contributed by atoms with van der Waals surface area (Å²) in [5, 5.41) is 35.0. The molecule has 6 nitrogen and oxygen atoms in total. The molecule has 0 saturated heterocycles. The van der Waals surface area contributed by atoms with Gasteiger partial charge >= 0.3 is 11.9 Å². The van der Waals surface area contributed by atoms with Crippen molar-refractivity contribution >= 4 is 11.9 Å². The smallest absolute Gasteiger partial charge is 0.335 e. The van der Waals surface area contributed by atoms with E-state index in [4.69, 9.17) is 20.4 Å². The van der Waals surface area contributed by atoms with Crippen molar-refractivity contribution in [3.05, 3.63) is 71.8 Å². The number of carbonyl (C=O) groups is 2. The van der Waals surface area contributed by atoms with Crippen LogP contribution in [0, 0.1) is 5.92 Å². The van der Waals surface area contributed by atoms with Crippen molar-refractivity contribution in [3.63, 3.8) is 0 Å². The van der Waals surface area contributed by atoms with Crippen LogP contribution in [0.1, 0.15) is 47.9 Å². The lowest BCUT2D eigenvalue weighted by molar-refractivity contribution is -0.00946. The third-order valence-electron chi connectivity index (χ3n) is 3.54. The van der Waals surface area contributed by atoms with E-state index in [1.807, 2.05) is 20.8 Å². The zero-order chi connectivity index (χ0) is 20.8. The first-order chi connectivity index (χ1) is 12.7. The molecule has 0 radical (unpaired) electrons. The topological polar surface area (TPSA) is 115 Å². The molecule has 0 spiro atoms. The van der Waals surface area contributed by atoms with Gasteiger partial charge in [0.25, 0.3) is 0 Å². The fourth-order valence-electron chi connectivity index (χ4n) is 1.85. The van der Waals surface area contributed by atoms with Crippen LogP contribution in [-0.2, 0) is 0 Å². The lowest BCUT2D eigenvalue weighted by Crippen LogP contribution is -2.29. The third-order valence-corrected chi connectivity index (χ3v) is 3.54. The van der Waals surface area contributed by atoms with Gasteiger partial charge in [0.2, 0.25) is 0 Å². The van der Waals surface area contributed by atoms with Gasteiger partial charge in [0.15, 0.2) is 0 Å². The Kier molecular flexibility index (Phi) is 12.1. The van der Waals surface area contributed by atoms with Gasteiger partial charge < -0.3 is 20.4 Å². The number of carboxylic acid groups (broad SMARTS) is 2. The molecule has 0 aliphatic rings. The lowest BCUT2D eigenvalue weighted by Gasteiger charge is -2.18. The van der Waals surface area contributed by atoms with Crippen molar-refractivity contribution in [2.45, 2.75) is 39.4 Å². The molecule has 2 unspecified atom stereocenters. The number of aliphatic hydroxyl groups is 2. The van der Waals surface area contributed by atoms with Gasteiger partial charge in [0.1, 0.15) is 0 Å². The molecule has 0 amide bonds. The number of carboxylic acids is 2. The Morgan fingerprint density at radius 3 is 1.26 bits per heavy atom. The summed E-state index contributed by atoms with van der Waals surface area (Å²) in [7, 11) is 0. The predicted octanol–water partition coefficient (Wildman–Crippen LogP) is 3.54. The molecule has 2 aromatic carbocycles. The number of benzene rings is 2. The summed E-state index contributed by atoms with van der Waals surface area (Å²) in [6.07, 6.45) is -0.487. The molecule has 0 aromatic heterocycles. The molecule has 0 bridgehead atoms. The minimum Gasteiger partial charge on any atom is -0.478 e.